The minimum Gasteiger partial charge on any atom is -0.478 e. The Labute approximate surface area is 121 Å². The largest absolute Gasteiger partial charge is 0.478 e. The summed E-state index contributed by atoms with van der Waals surface area (Å²) in [6, 6.07) is 2.42. The minimum atomic E-state index is -3.83. The molecular formula is C11H13Cl2NO4S. The van der Waals surface area contributed by atoms with Crippen molar-refractivity contribution >= 4 is 39.2 Å². The lowest BCUT2D eigenvalue weighted by Crippen LogP contribution is -2.28. The van der Waals surface area contributed by atoms with Crippen molar-refractivity contribution in [3.63, 3.8) is 0 Å². The Hall–Kier alpha value is -0.820. The van der Waals surface area contributed by atoms with Crippen LogP contribution in [0.25, 0.3) is 0 Å². The average molecular weight is 326 g/mol. The molecule has 0 aliphatic carbocycles. The van der Waals surface area contributed by atoms with Crippen LogP contribution in [0.15, 0.2) is 17.0 Å². The maximum Gasteiger partial charge on any atom is 0.338 e. The van der Waals surface area contributed by atoms with Crippen molar-refractivity contribution in [3.05, 3.63) is 27.7 Å². The number of benzene rings is 1. The lowest BCUT2D eigenvalue weighted by molar-refractivity contribution is 0.0697. The van der Waals surface area contributed by atoms with Crippen molar-refractivity contribution in [1.82, 2.24) is 4.31 Å². The molecule has 0 fully saturated rings. The lowest BCUT2D eigenvalue weighted by atomic mass is 10.2. The van der Waals surface area contributed by atoms with E-state index >= 15 is 0 Å². The summed E-state index contributed by atoms with van der Waals surface area (Å²) >= 11 is 11.6. The highest BCUT2D eigenvalue weighted by atomic mass is 35.5. The summed E-state index contributed by atoms with van der Waals surface area (Å²) in [5.74, 6) is -1.37. The van der Waals surface area contributed by atoms with Crippen LogP contribution in [-0.4, -0.2) is 37.4 Å². The molecule has 1 aromatic carbocycles. The van der Waals surface area contributed by atoms with Gasteiger partial charge in [0.05, 0.1) is 15.6 Å². The number of carbonyl (C=O) groups is 1. The number of carboxylic acids is 1. The van der Waals surface area contributed by atoms with Crippen molar-refractivity contribution in [2.75, 3.05) is 13.6 Å². The quantitative estimate of drug-likeness (QED) is 0.903. The third kappa shape index (κ3) is 3.20. The molecule has 1 rings (SSSR count). The molecule has 0 aliphatic heterocycles. The van der Waals surface area contributed by atoms with Crippen LogP contribution in [0.2, 0.25) is 10.0 Å². The molecule has 1 aromatic rings. The van der Waals surface area contributed by atoms with E-state index in [4.69, 9.17) is 28.3 Å². The summed E-state index contributed by atoms with van der Waals surface area (Å²) in [5, 5.41) is 8.53. The van der Waals surface area contributed by atoms with E-state index in [0.29, 0.717) is 13.0 Å². The molecule has 106 valence electrons. The van der Waals surface area contributed by atoms with Crippen LogP contribution in [0.1, 0.15) is 23.7 Å². The average Bonchev–Trinajstić information content (AvgIpc) is 2.28. The predicted molar refractivity (Wildman–Crippen MR) is 73.5 cm³/mol. The molecule has 0 unspecified atom stereocenters. The normalized spacial score (nSPS) is 11.8. The zero-order chi connectivity index (χ0) is 14.8. The van der Waals surface area contributed by atoms with Crippen LogP contribution < -0.4 is 0 Å². The predicted octanol–water partition coefficient (Wildman–Crippen LogP) is 2.72. The van der Waals surface area contributed by atoms with Crippen LogP contribution in [0.4, 0.5) is 0 Å². The van der Waals surface area contributed by atoms with Crippen LogP contribution in [0.3, 0.4) is 0 Å². The summed E-state index contributed by atoms with van der Waals surface area (Å²) in [6.07, 6.45) is 0.632. The highest BCUT2D eigenvalue weighted by molar-refractivity contribution is 7.89. The summed E-state index contributed by atoms with van der Waals surface area (Å²) in [4.78, 5) is 10.8. The molecule has 0 spiro atoms. The number of carboxylic acid groups (broad SMARTS) is 1. The molecule has 0 saturated carbocycles. The molecule has 0 bridgehead atoms. The standard InChI is InChI=1S/C11H13Cl2NO4S/c1-3-6-14(2)19(17,18)8-5-4-7(12)9(10(8)13)11(15)16/h4-5H,3,6H2,1-2H3,(H,15,16). The van der Waals surface area contributed by atoms with Gasteiger partial charge in [-0.2, -0.15) is 0 Å². The Kier molecular flexibility index (Phi) is 5.20. The fraction of sp³-hybridized carbons (Fsp3) is 0.364. The second-order valence-corrected chi connectivity index (χ2v) is 6.66. The van der Waals surface area contributed by atoms with E-state index in [0.717, 1.165) is 4.31 Å². The summed E-state index contributed by atoms with van der Waals surface area (Å²) in [5.41, 5.74) is -0.408. The van der Waals surface area contributed by atoms with Gasteiger partial charge in [-0.25, -0.2) is 17.5 Å². The van der Waals surface area contributed by atoms with Crippen LogP contribution in [0, 0.1) is 0 Å². The molecule has 0 aromatic heterocycles. The Morgan fingerprint density at radius 2 is 1.95 bits per heavy atom. The van der Waals surface area contributed by atoms with Gasteiger partial charge < -0.3 is 5.11 Å². The van der Waals surface area contributed by atoms with Gasteiger partial charge >= 0.3 is 5.97 Å². The Balaban J connectivity index is 3.45. The first-order valence-corrected chi connectivity index (χ1v) is 7.60. The van der Waals surface area contributed by atoms with Gasteiger partial charge in [0.15, 0.2) is 0 Å². The monoisotopic (exact) mass is 325 g/mol. The molecule has 5 nitrogen and oxygen atoms in total. The highest BCUT2D eigenvalue weighted by Gasteiger charge is 2.27. The number of rotatable bonds is 5. The molecule has 8 heteroatoms. The number of nitrogens with zero attached hydrogens (tertiary/aromatic N) is 1. The van der Waals surface area contributed by atoms with Gasteiger partial charge in [-0.15, -0.1) is 0 Å². The van der Waals surface area contributed by atoms with Gasteiger partial charge in [-0.3, -0.25) is 0 Å². The molecule has 0 radical (unpaired) electrons. The molecule has 0 amide bonds. The fourth-order valence-electron chi connectivity index (χ4n) is 1.53. The van der Waals surface area contributed by atoms with E-state index in [1.54, 1.807) is 0 Å². The molecule has 19 heavy (non-hydrogen) atoms. The fourth-order valence-corrected chi connectivity index (χ4v) is 3.68. The number of aromatic carboxylic acids is 1. The van der Waals surface area contributed by atoms with Gasteiger partial charge in [-0.05, 0) is 18.6 Å². The zero-order valence-electron chi connectivity index (χ0n) is 10.4. The Morgan fingerprint density at radius 3 is 2.42 bits per heavy atom. The molecular weight excluding hydrogens is 313 g/mol. The number of sulfonamides is 1. The Bertz CT molecular complexity index is 601. The first kappa shape index (κ1) is 16.2. The summed E-state index contributed by atoms with van der Waals surface area (Å²) in [6.45, 7) is 2.14. The molecule has 1 N–H and O–H groups in total. The first-order valence-electron chi connectivity index (χ1n) is 5.41. The SMILES string of the molecule is CCCN(C)S(=O)(=O)c1ccc(Cl)c(C(=O)O)c1Cl. The van der Waals surface area contributed by atoms with E-state index in [2.05, 4.69) is 0 Å². The maximum absolute atomic E-state index is 12.2. The number of hydrogen-bond donors (Lipinski definition) is 1. The van der Waals surface area contributed by atoms with Crippen molar-refractivity contribution in [2.45, 2.75) is 18.2 Å². The number of hydrogen-bond acceptors (Lipinski definition) is 3. The minimum absolute atomic E-state index is 0.102. The number of halogens is 2. The van der Waals surface area contributed by atoms with Crippen molar-refractivity contribution < 1.29 is 18.3 Å². The Morgan fingerprint density at radius 1 is 1.37 bits per heavy atom. The van der Waals surface area contributed by atoms with Crippen LogP contribution in [0.5, 0.6) is 0 Å². The van der Waals surface area contributed by atoms with Crippen LogP contribution >= 0.6 is 23.2 Å². The van der Waals surface area contributed by atoms with E-state index in [-0.39, 0.29) is 14.9 Å². The molecule has 0 aliphatic rings. The summed E-state index contributed by atoms with van der Waals surface area (Å²) in [7, 11) is -2.42. The topological polar surface area (TPSA) is 74.7 Å². The van der Waals surface area contributed by atoms with E-state index < -0.39 is 21.6 Å². The van der Waals surface area contributed by atoms with Gasteiger partial charge in [0.1, 0.15) is 4.90 Å². The van der Waals surface area contributed by atoms with E-state index in [1.807, 2.05) is 6.92 Å². The van der Waals surface area contributed by atoms with Gasteiger partial charge in [-0.1, -0.05) is 30.1 Å². The zero-order valence-corrected chi connectivity index (χ0v) is 12.7. The molecule has 0 heterocycles. The van der Waals surface area contributed by atoms with Crippen molar-refractivity contribution in [1.29, 1.82) is 0 Å². The van der Waals surface area contributed by atoms with Gasteiger partial charge in [0.2, 0.25) is 10.0 Å². The van der Waals surface area contributed by atoms with E-state index in [1.165, 1.54) is 19.2 Å². The third-order valence-electron chi connectivity index (χ3n) is 2.50. The highest BCUT2D eigenvalue weighted by Crippen LogP contribution is 2.32. The smallest absolute Gasteiger partial charge is 0.338 e. The molecule has 0 saturated heterocycles. The first-order chi connectivity index (χ1) is 8.73. The van der Waals surface area contributed by atoms with Crippen molar-refractivity contribution in [2.24, 2.45) is 0 Å². The van der Waals surface area contributed by atoms with E-state index in [9.17, 15) is 13.2 Å². The second kappa shape index (κ2) is 6.09. The third-order valence-corrected chi connectivity index (χ3v) is 5.22. The second-order valence-electron chi connectivity index (χ2n) is 3.87. The van der Waals surface area contributed by atoms with Gasteiger partial charge in [0, 0.05) is 13.6 Å². The maximum atomic E-state index is 12.2. The molecule has 0 atom stereocenters. The van der Waals surface area contributed by atoms with Gasteiger partial charge in [0.25, 0.3) is 0 Å². The summed E-state index contributed by atoms with van der Waals surface area (Å²) < 4.78 is 25.6. The lowest BCUT2D eigenvalue weighted by Gasteiger charge is -2.18. The van der Waals surface area contributed by atoms with Crippen LogP contribution in [-0.2, 0) is 10.0 Å². The van der Waals surface area contributed by atoms with Crippen molar-refractivity contribution in [3.8, 4) is 0 Å².